The first kappa shape index (κ1) is 13.7. The number of hydrogen-bond acceptors (Lipinski definition) is 3. The van der Waals surface area contributed by atoms with Crippen molar-refractivity contribution >= 4 is 11.6 Å². The molecule has 3 heterocycles. The Morgan fingerprint density at radius 2 is 2.05 bits per heavy atom. The van der Waals surface area contributed by atoms with Crippen LogP contribution in [0.25, 0.3) is 0 Å². The number of carbonyl (C=O) groups is 1. The number of anilines is 1. The molecule has 0 fully saturated rings. The van der Waals surface area contributed by atoms with Crippen LogP contribution in [0.15, 0.2) is 12.1 Å². The second-order valence-corrected chi connectivity index (χ2v) is 5.70. The summed E-state index contributed by atoms with van der Waals surface area (Å²) in [7, 11) is 1.76. The van der Waals surface area contributed by atoms with E-state index in [0.717, 1.165) is 6.54 Å². The van der Waals surface area contributed by atoms with Gasteiger partial charge in [-0.25, -0.2) is 0 Å². The fraction of sp³-hybridized carbons (Fsp3) is 0.467. The van der Waals surface area contributed by atoms with E-state index in [-0.39, 0.29) is 11.9 Å². The number of amides is 1. The molecule has 21 heavy (non-hydrogen) atoms. The normalized spacial score (nSPS) is 17.9. The van der Waals surface area contributed by atoms with E-state index in [1.807, 2.05) is 11.8 Å². The van der Waals surface area contributed by atoms with Gasteiger partial charge in [-0.3, -0.25) is 9.48 Å². The molecule has 1 atom stereocenters. The summed E-state index contributed by atoms with van der Waals surface area (Å²) in [6.45, 7) is 7.48. The molecule has 6 heteroatoms. The summed E-state index contributed by atoms with van der Waals surface area (Å²) >= 11 is 0. The summed E-state index contributed by atoms with van der Waals surface area (Å²) in [6.07, 6.45) is 0. The molecule has 0 radical (unpaired) electrons. The van der Waals surface area contributed by atoms with Crippen molar-refractivity contribution in [3.05, 3.63) is 34.9 Å². The number of carbonyl (C=O) groups excluding carboxylic acids is 1. The second-order valence-electron chi connectivity index (χ2n) is 5.70. The van der Waals surface area contributed by atoms with Gasteiger partial charge in [0.1, 0.15) is 5.69 Å². The van der Waals surface area contributed by atoms with Gasteiger partial charge in [0.15, 0.2) is 0 Å². The van der Waals surface area contributed by atoms with Gasteiger partial charge in [0.25, 0.3) is 5.91 Å². The van der Waals surface area contributed by atoms with E-state index in [2.05, 4.69) is 35.6 Å². The van der Waals surface area contributed by atoms with Gasteiger partial charge in [0, 0.05) is 31.5 Å². The predicted molar refractivity (Wildman–Crippen MR) is 81.0 cm³/mol. The number of fused-ring (bicyclic) bond motifs is 1. The number of nitrogens with two attached hydrogens (primary N) is 1. The number of hydrogen-bond donors (Lipinski definition) is 1. The van der Waals surface area contributed by atoms with Crippen molar-refractivity contribution in [1.29, 1.82) is 0 Å². The highest BCUT2D eigenvalue weighted by Gasteiger charge is 2.31. The van der Waals surface area contributed by atoms with Gasteiger partial charge in [-0.1, -0.05) is 0 Å². The molecule has 1 unspecified atom stereocenters. The van der Waals surface area contributed by atoms with Gasteiger partial charge in [0.05, 0.1) is 17.4 Å². The molecule has 0 spiro atoms. The Morgan fingerprint density at radius 1 is 1.33 bits per heavy atom. The molecule has 0 aromatic carbocycles. The quantitative estimate of drug-likeness (QED) is 0.867. The second kappa shape index (κ2) is 4.65. The third-order valence-corrected chi connectivity index (χ3v) is 4.42. The van der Waals surface area contributed by atoms with Crippen LogP contribution in [0.3, 0.4) is 0 Å². The van der Waals surface area contributed by atoms with Gasteiger partial charge in [-0.05, 0) is 32.9 Å². The van der Waals surface area contributed by atoms with Crippen LogP contribution in [-0.2, 0) is 13.6 Å². The first-order chi connectivity index (χ1) is 9.91. The van der Waals surface area contributed by atoms with Crippen molar-refractivity contribution in [3.63, 3.8) is 0 Å². The summed E-state index contributed by atoms with van der Waals surface area (Å²) in [5, 5.41) is 4.24. The number of rotatable bonds is 1. The molecule has 1 amide bonds. The molecule has 0 saturated heterocycles. The van der Waals surface area contributed by atoms with Crippen molar-refractivity contribution in [1.82, 2.24) is 19.2 Å². The zero-order chi connectivity index (χ0) is 15.3. The lowest BCUT2D eigenvalue weighted by Crippen LogP contribution is -2.42. The van der Waals surface area contributed by atoms with E-state index >= 15 is 0 Å². The Kier molecular flexibility index (Phi) is 3.04. The minimum atomic E-state index is -0.0480. The highest BCUT2D eigenvalue weighted by atomic mass is 16.2. The van der Waals surface area contributed by atoms with Crippen LogP contribution in [0.1, 0.15) is 40.5 Å². The summed E-state index contributed by atoms with van der Waals surface area (Å²) in [6, 6.07) is 4.23. The van der Waals surface area contributed by atoms with Crippen LogP contribution in [0, 0.1) is 13.8 Å². The average Bonchev–Trinajstić information content (AvgIpc) is 2.92. The molecule has 0 aliphatic carbocycles. The van der Waals surface area contributed by atoms with E-state index in [1.165, 1.54) is 11.4 Å². The Bertz CT molecular complexity index is 712. The largest absolute Gasteiger partial charge is 0.395 e. The lowest BCUT2D eigenvalue weighted by atomic mass is 10.1. The van der Waals surface area contributed by atoms with E-state index in [0.29, 0.717) is 23.6 Å². The topological polar surface area (TPSA) is 69.1 Å². The smallest absolute Gasteiger partial charge is 0.274 e. The van der Waals surface area contributed by atoms with Crippen molar-refractivity contribution < 1.29 is 4.79 Å². The molecule has 0 bridgehead atoms. The fourth-order valence-electron chi connectivity index (χ4n) is 3.16. The highest BCUT2D eigenvalue weighted by Crippen LogP contribution is 2.29. The SMILES string of the molecule is Cc1nn(C)c(C(=O)N2CCn3c(C)ccc3C2C)c1N. The molecule has 3 rings (SSSR count). The Morgan fingerprint density at radius 3 is 2.67 bits per heavy atom. The molecule has 1 aliphatic rings. The van der Waals surface area contributed by atoms with Gasteiger partial charge < -0.3 is 15.2 Å². The summed E-state index contributed by atoms with van der Waals surface area (Å²) < 4.78 is 3.85. The van der Waals surface area contributed by atoms with Crippen LogP contribution in [0.2, 0.25) is 0 Å². The van der Waals surface area contributed by atoms with Crippen LogP contribution >= 0.6 is 0 Å². The van der Waals surface area contributed by atoms with Gasteiger partial charge >= 0.3 is 0 Å². The summed E-state index contributed by atoms with van der Waals surface area (Å²) in [5.74, 6) is -0.0480. The first-order valence-electron chi connectivity index (χ1n) is 7.18. The Labute approximate surface area is 124 Å². The Hall–Kier alpha value is -2.24. The predicted octanol–water partition coefficient (Wildman–Crippen LogP) is 1.64. The maximum Gasteiger partial charge on any atom is 0.274 e. The maximum atomic E-state index is 12.9. The molecule has 112 valence electrons. The lowest BCUT2D eigenvalue weighted by Gasteiger charge is -2.35. The van der Waals surface area contributed by atoms with E-state index in [9.17, 15) is 4.79 Å². The summed E-state index contributed by atoms with van der Waals surface area (Å²) in [4.78, 5) is 14.7. The third kappa shape index (κ3) is 1.93. The van der Waals surface area contributed by atoms with Gasteiger partial charge in [-0.2, -0.15) is 5.10 Å². The monoisotopic (exact) mass is 287 g/mol. The van der Waals surface area contributed by atoms with E-state index in [1.54, 1.807) is 11.7 Å². The molecule has 2 N–H and O–H groups in total. The molecule has 0 saturated carbocycles. The molecular weight excluding hydrogens is 266 g/mol. The number of aryl methyl sites for hydroxylation is 3. The van der Waals surface area contributed by atoms with Crippen molar-refractivity contribution in [2.24, 2.45) is 7.05 Å². The van der Waals surface area contributed by atoms with Gasteiger partial charge in [0.2, 0.25) is 0 Å². The number of nitrogens with zero attached hydrogens (tertiary/aromatic N) is 4. The average molecular weight is 287 g/mol. The van der Waals surface area contributed by atoms with Gasteiger partial charge in [-0.15, -0.1) is 0 Å². The van der Waals surface area contributed by atoms with E-state index in [4.69, 9.17) is 5.73 Å². The fourth-order valence-corrected chi connectivity index (χ4v) is 3.16. The standard InChI is InChI=1S/C15H21N5O/c1-9-5-6-12-11(3)20(8-7-19(9)12)15(21)14-13(16)10(2)17-18(14)4/h5-6,11H,7-8,16H2,1-4H3. The lowest BCUT2D eigenvalue weighted by molar-refractivity contribution is 0.0632. The molecule has 2 aromatic rings. The molecular formula is C15H21N5O. The van der Waals surface area contributed by atoms with Crippen LogP contribution in [-0.4, -0.2) is 31.7 Å². The zero-order valence-corrected chi connectivity index (χ0v) is 12.9. The molecule has 6 nitrogen and oxygen atoms in total. The highest BCUT2D eigenvalue weighted by molar-refractivity contribution is 5.98. The van der Waals surface area contributed by atoms with Crippen LogP contribution in [0.4, 0.5) is 5.69 Å². The summed E-state index contributed by atoms with van der Waals surface area (Å²) in [5.41, 5.74) is 10.1. The van der Waals surface area contributed by atoms with Crippen LogP contribution in [0.5, 0.6) is 0 Å². The third-order valence-electron chi connectivity index (χ3n) is 4.42. The van der Waals surface area contributed by atoms with Crippen molar-refractivity contribution in [3.8, 4) is 0 Å². The molecule has 1 aliphatic heterocycles. The zero-order valence-electron chi connectivity index (χ0n) is 12.9. The van der Waals surface area contributed by atoms with Crippen molar-refractivity contribution in [2.75, 3.05) is 12.3 Å². The van der Waals surface area contributed by atoms with Crippen LogP contribution < -0.4 is 5.73 Å². The van der Waals surface area contributed by atoms with E-state index < -0.39 is 0 Å². The molecule has 2 aromatic heterocycles. The van der Waals surface area contributed by atoms with Crippen molar-refractivity contribution in [2.45, 2.75) is 33.4 Å². The minimum Gasteiger partial charge on any atom is -0.395 e. The number of nitrogen functional groups attached to an aromatic ring is 1. The number of aromatic nitrogens is 3. The maximum absolute atomic E-state index is 12.9. The Balaban J connectivity index is 1.97. The first-order valence-corrected chi connectivity index (χ1v) is 7.18. The minimum absolute atomic E-state index is 0.0366.